The van der Waals surface area contributed by atoms with Gasteiger partial charge in [-0.1, -0.05) is 18.2 Å². The van der Waals surface area contributed by atoms with Gasteiger partial charge in [0.1, 0.15) is 5.82 Å². The normalized spacial score (nSPS) is 11.8. The highest BCUT2D eigenvalue weighted by Gasteiger charge is 2.19. The third-order valence-electron chi connectivity index (χ3n) is 2.94. The molecule has 0 amide bonds. The highest BCUT2D eigenvalue weighted by Crippen LogP contribution is 2.24. The van der Waals surface area contributed by atoms with Crippen molar-refractivity contribution >= 4 is 16.7 Å². The van der Waals surface area contributed by atoms with Crippen LogP contribution in [0.1, 0.15) is 19.4 Å². The number of aliphatic hydroxyl groups excluding tert-OH is 1. The summed E-state index contributed by atoms with van der Waals surface area (Å²) >= 11 is 0. The zero-order valence-electron chi connectivity index (χ0n) is 11.6. The average Bonchev–Trinajstić information content (AvgIpc) is 2.35. The Balaban J connectivity index is 2.46. The third kappa shape index (κ3) is 3.22. The molecule has 0 fully saturated rings. The largest absolute Gasteiger partial charge is 0.392 e. The monoisotopic (exact) mass is 260 g/mol. The average molecular weight is 260 g/mol. The Morgan fingerprint density at radius 1 is 1.26 bits per heavy atom. The van der Waals surface area contributed by atoms with Gasteiger partial charge in [-0.3, -0.25) is 0 Å². The Kier molecular flexibility index (Phi) is 3.73. The number of rotatable bonds is 4. The summed E-state index contributed by atoms with van der Waals surface area (Å²) in [7, 11) is 1.87. The number of hydrogen-bond acceptors (Lipinski definition) is 4. The lowest BCUT2D eigenvalue weighted by Gasteiger charge is -2.28. The van der Waals surface area contributed by atoms with Crippen LogP contribution in [-0.2, 0) is 6.61 Å². The summed E-state index contributed by atoms with van der Waals surface area (Å²) in [6.07, 6.45) is 0. The van der Waals surface area contributed by atoms with E-state index >= 15 is 0 Å². The van der Waals surface area contributed by atoms with Gasteiger partial charge in [-0.25, -0.2) is 4.98 Å². The van der Waals surface area contributed by atoms with Crippen LogP contribution in [0.25, 0.3) is 10.9 Å². The summed E-state index contributed by atoms with van der Waals surface area (Å²) in [5.41, 5.74) is 0.845. The molecule has 4 heteroatoms. The van der Waals surface area contributed by atoms with Crippen LogP contribution >= 0.6 is 0 Å². The second-order valence-corrected chi connectivity index (χ2v) is 5.49. The molecule has 0 bridgehead atoms. The summed E-state index contributed by atoms with van der Waals surface area (Å²) in [6.45, 7) is 3.89. The van der Waals surface area contributed by atoms with Gasteiger partial charge in [-0.2, -0.15) is 0 Å². The zero-order chi connectivity index (χ0) is 14.0. The molecule has 0 spiro atoms. The predicted octanol–water partition coefficient (Wildman–Crippen LogP) is 1.93. The van der Waals surface area contributed by atoms with Crippen molar-refractivity contribution in [3.63, 3.8) is 0 Å². The van der Waals surface area contributed by atoms with Gasteiger partial charge in [0.05, 0.1) is 17.7 Å². The maximum absolute atomic E-state index is 9.89. The number of aliphatic hydroxyl groups is 2. The molecule has 102 valence electrons. The molecule has 0 aliphatic carbocycles. The Morgan fingerprint density at radius 2 is 1.95 bits per heavy atom. The van der Waals surface area contributed by atoms with E-state index < -0.39 is 5.60 Å². The van der Waals surface area contributed by atoms with Crippen LogP contribution in [0.3, 0.4) is 0 Å². The van der Waals surface area contributed by atoms with Crippen molar-refractivity contribution in [1.82, 2.24) is 4.98 Å². The van der Waals surface area contributed by atoms with Crippen molar-refractivity contribution < 1.29 is 10.2 Å². The van der Waals surface area contributed by atoms with Crippen molar-refractivity contribution in [2.24, 2.45) is 0 Å². The van der Waals surface area contributed by atoms with Crippen LogP contribution < -0.4 is 4.90 Å². The molecule has 2 rings (SSSR count). The van der Waals surface area contributed by atoms with Crippen LogP contribution in [0.4, 0.5) is 5.82 Å². The number of likely N-dealkylation sites (N-methyl/N-ethyl adjacent to an activating group) is 1. The fourth-order valence-corrected chi connectivity index (χ4v) is 2.25. The van der Waals surface area contributed by atoms with Crippen molar-refractivity contribution in [1.29, 1.82) is 0 Å². The van der Waals surface area contributed by atoms with Gasteiger partial charge in [0.25, 0.3) is 0 Å². The molecule has 0 radical (unpaired) electrons. The number of fused-ring (bicyclic) bond motifs is 1. The van der Waals surface area contributed by atoms with Gasteiger partial charge in [0, 0.05) is 24.5 Å². The van der Waals surface area contributed by atoms with Crippen LogP contribution in [0.2, 0.25) is 0 Å². The summed E-state index contributed by atoms with van der Waals surface area (Å²) in [4.78, 5) is 6.46. The summed E-state index contributed by atoms with van der Waals surface area (Å²) in [5, 5.41) is 20.4. The van der Waals surface area contributed by atoms with Crippen molar-refractivity contribution in [3.8, 4) is 0 Å². The lowest BCUT2D eigenvalue weighted by Crippen LogP contribution is -2.37. The standard InChI is InChI=1S/C15H20N2O2/c1-15(2,19)10-17(3)14-12(9-18)8-11-6-4-5-7-13(11)16-14/h4-8,18-19H,9-10H2,1-3H3. The number of para-hydroxylation sites is 1. The van der Waals surface area contributed by atoms with E-state index in [0.717, 1.165) is 16.5 Å². The SMILES string of the molecule is CN(CC(C)(C)O)c1nc2ccccc2cc1CO. The van der Waals surface area contributed by atoms with Crippen molar-refractivity contribution in [3.05, 3.63) is 35.9 Å². The van der Waals surface area contributed by atoms with E-state index in [2.05, 4.69) is 4.98 Å². The van der Waals surface area contributed by atoms with E-state index in [1.807, 2.05) is 42.3 Å². The second-order valence-electron chi connectivity index (χ2n) is 5.49. The topological polar surface area (TPSA) is 56.6 Å². The van der Waals surface area contributed by atoms with Crippen LogP contribution in [0, 0.1) is 0 Å². The van der Waals surface area contributed by atoms with E-state index in [9.17, 15) is 10.2 Å². The summed E-state index contributed by atoms with van der Waals surface area (Å²) in [6, 6.07) is 9.75. The fourth-order valence-electron chi connectivity index (χ4n) is 2.25. The van der Waals surface area contributed by atoms with Gasteiger partial charge in [0.15, 0.2) is 0 Å². The number of nitrogens with zero attached hydrogens (tertiary/aromatic N) is 2. The molecule has 4 nitrogen and oxygen atoms in total. The first-order chi connectivity index (χ1) is 8.90. The number of hydrogen-bond donors (Lipinski definition) is 2. The maximum Gasteiger partial charge on any atom is 0.134 e. The van der Waals surface area contributed by atoms with Gasteiger partial charge in [0.2, 0.25) is 0 Å². The molecule has 0 unspecified atom stereocenters. The molecule has 0 saturated carbocycles. The van der Waals surface area contributed by atoms with E-state index in [1.54, 1.807) is 13.8 Å². The second kappa shape index (κ2) is 5.15. The highest BCUT2D eigenvalue weighted by atomic mass is 16.3. The minimum absolute atomic E-state index is 0.0661. The molecular formula is C15H20N2O2. The van der Waals surface area contributed by atoms with Gasteiger partial charge in [-0.15, -0.1) is 0 Å². The predicted molar refractivity (Wildman–Crippen MR) is 77.2 cm³/mol. The molecule has 1 heterocycles. The first-order valence-corrected chi connectivity index (χ1v) is 6.34. The Hall–Kier alpha value is -1.65. The molecule has 2 aromatic rings. The quantitative estimate of drug-likeness (QED) is 0.882. The molecular weight excluding hydrogens is 240 g/mol. The number of benzene rings is 1. The Labute approximate surface area is 113 Å². The Bertz CT molecular complexity index is 576. The van der Waals surface area contributed by atoms with Crippen LogP contribution in [0.5, 0.6) is 0 Å². The molecule has 0 atom stereocenters. The van der Waals surface area contributed by atoms with Gasteiger partial charge >= 0.3 is 0 Å². The fraction of sp³-hybridized carbons (Fsp3) is 0.400. The van der Waals surface area contributed by atoms with Crippen molar-refractivity contribution in [2.45, 2.75) is 26.1 Å². The number of aromatic nitrogens is 1. The van der Waals surface area contributed by atoms with Crippen molar-refractivity contribution in [2.75, 3.05) is 18.5 Å². The number of anilines is 1. The van der Waals surface area contributed by atoms with E-state index in [1.165, 1.54) is 0 Å². The first-order valence-electron chi connectivity index (χ1n) is 6.34. The van der Waals surface area contributed by atoms with E-state index in [-0.39, 0.29) is 6.61 Å². The summed E-state index contributed by atoms with van der Waals surface area (Å²) in [5.74, 6) is 0.711. The molecule has 0 aliphatic rings. The third-order valence-corrected chi connectivity index (χ3v) is 2.94. The van der Waals surface area contributed by atoms with Crippen LogP contribution in [-0.4, -0.2) is 34.4 Å². The first kappa shape index (κ1) is 13.8. The lowest BCUT2D eigenvalue weighted by atomic mass is 10.1. The molecule has 0 saturated heterocycles. The number of pyridine rings is 1. The maximum atomic E-state index is 9.89. The molecule has 0 aliphatic heterocycles. The Morgan fingerprint density at radius 3 is 2.58 bits per heavy atom. The molecule has 2 N–H and O–H groups in total. The summed E-state index contributed by atoms with van der Waals surface area (Å²) < 4.78 is 0. The lowest BCUT2D eigenvalue weighted by molar-refractivity contribution is 0.0883. The highest BCUT2D eigenvalue weighted by molar-refractivity contribution is 5.81. The minimum atomic E-state index is -0.811. The van der Waals surface area contributed by atoms with Crippen LogP contribution in [0.15, 0.2) is 30.3 Å². The molecule has 19 heavy (non-hydrogen) atoms. The zero-order valence-corrected chi connectivity index (χ0v) is 11.6. The minimum Gasteiger partial charge on any atom is -0.392 e. The van der Waals surface area contributed by atoms with Gasteiger partial charge in [-0.05, 0) is 26.0 Å². The molecule has 1 aromatic heterocycles. The van der Waals surface area contributed by atoms with E-state index in [0.29, 0.717) is 12.4 Å². The van der Waals surface area contributed by atoms with Gasteiger partial charge < -0.3 is 15.1 Å². The van der Waals surface area contributed by atoms with E-state index in [4.69, 9.17) is 0 Å². The smallest absolute Gasteiger partial charge is 0.134 e. The molecule has 1 aromatic carbocycles.